The largest absolute Gasteiger partial charge is 0.466 e. The van der Waals surface area contributed by atoms with Crippen molar-refractivity contribution in [1.29, 1.82) is 0 Å². The molecule has 11 nitrogen and oxygen atoms in total. The zero-order chi connectivity index (χ0) is 36.1. The Morgan fingerprint density at radius 2 is 1.41 bits per heavy atom. The smallest absolute Gasteiger partial charge is 0.330 e. The molecule has 0 radical (unpaired) electrons. The lowest BCUT2D eigenvalue weighted by atomic mass is 10.2. The van der Waals surface area contributed by atoms with Crippen LogP contribution in [-0.2, 0) is 38.2 Å². The Morgan fingerprint density at radius 1 is 0.857 bits per heavy atom. The van der Waals surface area contributed by atoms with Gasteiger partial charge in [0.2, 0.25) is 23.6 Å². The van der Waals surface area contributed by atoms with E-state index >= 15 is 0 Å². The summed E-state index contributed by atoms with van der Waals surface area (Å²) in [4.78, 5) is 72.9. The summed E-state index contributed by atoms with van der Waals surface area (Å²) in [6, 6.07) is -0.976. The normalized spacial score (nSPS) is 16.8. The molecule has 0 aromatic heterocycles. The van der Waals surface area contributed by atoms with E-state index in [1.807, 2.05) is 12.2 Å². The molecule has 0 aromatic carbocycles. The fourth-order valence-corrected chi connectivity index (χ4v) is 5.12. The van der Waals surface area contributed by atoms with E-state index in [1.165, 1.54) is 7.11 Å². The number of rotatable bonds is 25. The molecule has 1 saturated heterocycles. The average Bonchev–Trinajstić information content (AvgIpc) is 3.37. The van der Waals surface area contributed by atoms with Gasteiger partial charge in [0.1, 0.15) is 18.5 Å². The number of ether oxygens (including phenoxy) is 2. The van der Waals surface area contributed by atoms with E-state index in [-0.39, 0.29) is 31.3 Å². The predicted molar refractivity (Wildman–Crippen MR) is 193 cm³/mol. The molecule has 268 valence electrons. The van der Waals surface area contributed by atoms with Gasteiger partial charge in [0.25, 0.3) is 0 Å². The van der Waals surface area contributed by atoms with Crippen LogP contribution in [0.3, 0.4) is 0 Å². The van der Waals surface area contributed by atoms with Crippen molar-refractivity contribution >= 4 is 47.6 Å². The summed E-state index contributed by atoms with van der Waals surface area (Å²) in [7, 11) is 1.17. The lowest BCUT2D eigenvalue weighted by molar-refractivity contribution is -0.142. The number of carbonyl (C=O) groups is 6. The highest BCUT2D eigenvalue weighted by Crippen LogP contribution is 2.26. The SMILES string of the molecule is CCC=CCC=CCC=CCC=CCC=CCC=CCCC(=O)NC(C)N1C(=O)CC(SCOCC(C=O)NC(=O)C=CC(=O)OC)C1=O. The van der Waals surface area contributed by atoms with Gasteiger partial charge in [-0.1, -0.05) is 79.8 Å². The third kappa shape index (κ3) is 20.6. The molecule has 0 aromatic rings. The fraction of sp³-hybridized carbons (Fsp3) is 0.459. The molecule has 4 amide bonds. The monoisotopic (exact) mass is 697 g/mol. The second-order valence-electron chi connectivity index (χ2n) is 10.8. The van der Waals surface area contributed by atoms with Crippen LogP contribution in [0.1, 0.15) is 71.6 Å². The topological polar surface area (TPSA) is 148 Å². The van der Waals surface area contributed by atoms with Gasteiger partial charge >= 0.3 is 5.97 Å². The van der Waals surface area contributed by atoms with Crippen LogP contribution in [0.5, 0.6) is 0 Å². The summed E-state index contributed by atoms with van der Waals surface area (Å²) < 4.78 is 9.79. The maximum Gasteiger partial charge on any atom is 0.330 e. The van der Waals surface area contributed by atoms with Gasteiger partial charge in [0.15, 0.2) is 0 Å². The quantitative estimate of drug-likeness (QED) is 0.0251. The van der Waals surface area contributed by atoms with E-state index < -0.39 is 41.1 Å². The first-order valence-corrected chi connectivity index (χ1v) is 17.5. The minimum absolute atomic E-state index is 0.0115. The Labute approximate surface area is 294 Å². The van der Waals surface area contributed by atoms with Gasteiger partial charge in [-0.15, -0.1) is 11.8 Å². The number of allylic oxidation sites excluding steroid dienone is 12. The van der Waals surface area contributed by atoms with Crippen LogP contribution in [0.4, 0.5) is 0 Å². The predicted octanol–water partition coefficient (Wildman–Crippen LogP) is 5.17. The number of aldehydes is 1. The van der Waals surface area contributed by atoms with Crippen molar-refractivity contribution in [3.05, 3.63) is 85.1 Å². The third-order valence-corrected chi connectivity index (χ3v) is 7.82. The van der Waals surface area contributed by atoms with Crippen LogP contribution in [0.2, 0.25) is 0 Å². The molecule has 3 unspecified atom stereocenters. The van der Waals surface area contributed by atoms with Gasteiger partial charge < -0.3 is 24.9 Å². The van der Waals surface area contributed by atoms with Crippen molar-refractivity contribution in [2.45, 2.75) is 89.1 Å². The van der Waals surface area contributed by atoms with E-state index in [1.54, 1.807) is 6.92 Å². The van der Waals surface area contributed by atoms with Gasteiger partial charge in [-0.3, -0.25) is 24.1 Å². The lowest BCUT2D eigenvalue weighted by Crippen LogP contribution is -2.49. The van der Waals surface area contributed by atoms with Crippen molar-refractivity contribution in [2.75, 3.05) is 19.7 Å². The molecular formula is C37H51N3O8S. The average molecular weight is 698 g/mol. The number of esters is 1. The third-order valence-electron chi connectivity index (χ3n) is 6.75. The zero-order valence-electron chi connectivity index (χ0n) is 28.8. The van der Waals surface area contributed by atoms with Crippen molar-refractivity contribution < 1.29 is 38.2 Å². The summed E-state index contributed by atoms with van der Waals surface area (Å²) in [5, 5.41) is 4.38. The first-order valence-electron chi connectivity index (χ1n) is 16.5. The standard InChI is InChI=1S/C37H51N3O8S/c1-4-5-6-7-8-9-10-11-12-13-14-15-16-17-18-19-20-21-22-23-33(42)38-30(2)40-35(44)26-32(37(40)46)49-29-48-28-31(27-41)39-34(43)24-25-36(45)47-3/h5-6,8-9,11-12,14-15,17-18,20-21,24-25,27,30-32H,4,7,10,13,16,19,22-23,26,28-29H2,1-3H3,(H,38,42)(H,39,43). The van der Waals surface area contributed by atoms with E-state index in [0.717, 1.165) is 67.3 Å². The molecule has 1 fully saturated rings. The van der Waals surface area contributed by atoms with Gasteiger partial charge in [-0.05, 0) is 51.9 Å². The molecule has 12 heteroatoms. The van der Waals surface area contributed by atoms with Gasteiger partial charge in [0.05, 0.1) is 24.9 Å². The number of carbonyl (C=O) groups excluding carboxylic acids is 6. The second kappa shape index (κ2) is 27.6. The molecule has 1 heterocycles. The number of hydrogen-bond acceptors (Lipinski definition) is 9. The van der Waals surface area contributed by atoms with Gasteiger partial charge in [-0.25, -0.2) is 4.79 Å². The fourth-order valence-electron chi connectivity index (χ4n) is 4.25. The highest BCUT2D eigenvalue weighted by molar-refractivity contribution is 8.00. The Balaban J connectivity index is 2.25. The summed E-state index contributed by atoms with van der Waals surface area (Å²) in [5.41, 5.74) is 0. The molecule has 49 heavy (non-hydrogen) atoms. The maximum absolute atomic E-state index is 12.9. The Morgan fingerprint density at radius 3 is 1.94 bits per heavy atom. The van der Waals surface area contributed by atoms with Crippen LogP contribution in [0.25, 0.3) is 0 Å². The van der Waals surface area contributed by atoms with Crippen LogP contribution >= 0.6 is 11.8 Å². The molecule has 0 aliphatic carbocycles. The molecule has 0 bridgehead atoms. The number of nitrogens with one attached hydrogen (secondary N) is 2. The number of methoxy groups -OCH3 is 1. The summed E-state index contributed by atoms with van der Waals surface area (Å²) >= 11 is 1.08. The van der Waals surface area contributed by atoms with E-state index in [4.69, 9.17) is 4.74 Å². The number of thioether (sulfide) groups is 1. The Hall–Kier alpha value is -4.29. The number of likely N-dealkylation sites (tertiary alicyclic amines) is 1. The van der Waals surface area contributed by atoms with Crippen LogP contribution in [0, 0.1) is 0 Å². The van der Waals surface area contributed by atoms with Crippen molar-refractivity contribution in [3.63, 3.8) is 0 Å². The molecule has 3 atom stereocenters. The minimum Gasteiger partial charge on any atom is -0.466 e. The number of imide groups is 1. The van der Waals surface area contributed by atoms with Crippen molar-refractivity contribution in [3.8, 4) is 0 Å². The van der Waals surface area contributed by atoms with Crippen LogP contribution in [-0.4, -0.2) is 77.9 Å². The zero-order valence-corrected chi connectivity index (χ0v) is 29.6. The first-order chi connectivity index (χ1) is 23.7. The van der Waals surface area contributed by atoms with Crippen LogP contribution < -0.4 is 10.6 Å². The number of hydrogen-bond donors (Lipinski definition) is 2. The summed E-state index contributed by atoms with van der Waals surface area (Å²) in [6.45, 7) is 3.54. The van der Waals surface area contributed by atoms with E-state index in [2.05, 4.69) is 83.1 Å². The Kier molecular flexibility index (Phi) is 24.1. The van der Waals surface area contributed by atoms with E-state index in [0.29, 0.717) is 12.7 Å². The molecule has 2 N–H and O–H groups in total. The van der Waals surface area contributed by atoms with Crippen molar-refractivity contribution in [2.24, 2.45) is 0 Å². The maximum atomic E-state index is 12.9. The Bertz CT molecular complexity index is 1270. The van der Waals surface area contributed by atoms with Crippen molar-refractivity contribution in [1.82, 2.24) is 15.5 Å². The lowest BCUT2D eigenvalue weighted by Gasteiger charge is -2.24. The molecular weight excluding hydrogens is 646 g/mol. The molecule has 1 aliphatic rings. The van der Waals surface area contributed by atoms with Crippen LogP contribution in [0.15, 0.2) is 85.1 Å². The summed E-state index contributed by atoms with van der Waals surface area (Å²) in [5.74, 6) is -2.51. The number of nitrogens with zero attached hydrogens (tertiary/aromatic N) is 1. The molecule has 0 spiro atoms. The molecule has 1 rings (SSSR count). The molecule has 1 aliphatic heterocycles. The highest BCUT2D eigenvalue weighted by atomic mass is 32.2. The van der Waals surface area contributed by atoms with Gasteiger partial charge in [-0.2, -0.15) is 0 Å². The summed E-state index contributed by atoms with van der Waals surface area (Å²) in [6.07, 6.45) is 33.3. The van der Waals surface area contributed by atoms with E-state index in [9.17, 15) is 28.8 Å². The van der Waals surface area contributed by atoms with Gasteiger partial charge in [0, 0.05) is 25.0 Å². The first kappa shape index (κ1) is 42.7. The molecule has 0 saturated carbocycles. The highest BCUT2D eigenvalue weighted by Gasteiger charge is 2.41. The minimum atomic E-state index is -0.976. The second-order valence-corrected chi connectivity index (χ2v) is 11.9. The number of amides is 4.